The van der Waals surface area contributed by atoms with Crippen molar-refractivity contribution >= 4 is 138 Å². The van der Waals surface area contributed by atoms with Gasteiger partial charge in [-0.05, 0) is 66.0 Å². The van der Waals surface area contributed by atoms with Gasteiger partial charge in [-0.3, -0.25) is 0 Å². The Bertz CT molecular complexity index is 345. The van der Waals surface area contributed by atoms with E-state index in [9.17, 15) is 0 Å². The van der Waals surface area contributed by atoms with Crippen LogP contribution in [0.15, 0.2) is 0 Å². The molecule has 4 aliphatic rings. The maximum absolute atomic E-state index is 5.75. The molecule has 0 amide bonds. The molecule has 0 spiro atoms. The van der Waals surface area contributed by atoms with Crippen LogP contribution in [0, 0.1) is 0 Å². The third-order valence-corrected chi connectivity index (χ3v) is 97.2. The first-order valence-electron chi connectivity index (χ1n) is 2.92. The molecule has 4 rings (SSSR count). The van der Waals surface area contributed by atoms with Gasteiger partial charge in [0.05, 0.1) is 0 Å². The summed E-state index contributed by atoms with van der Waals surface area (Å²) in [6.45, 7) is 0. The van der Waals surface area contributed by atoms with E-state index in [1.54, 1.807) is 0 Å². The van der Waals surface area contributed by atoms with E-state index in [1.807, 2.05) is 66.0 Å². The van der Waals surface area contributed by atoms with E-state index in [0.29, 0.717) is 0 Å². The summed E-state index contributed by atoms with van der Waals surface area (Å²) < 4.78 is -5.64. The molecule has 0 N–H and O–H groups in total. The fraction of sp³-hybridized carbons (Fsp3) is 0. The second-order valence-corrected chi connectivity index (χ2v) is 61.5. The minimum atomic E-state index is -1.41. The first kappa shape index (κ1) is 16.5. The van der Waals surface area contributed by atoms with E-state index >= 15 is 0 Å². The van der Waals surface area contributed by atoms with Gasteiger partial charge in [-0.25, -0.2) is 0 Å². The molecule has 0 aromatic rings. The quantitative estimate of drug-likeness (QED) is 0.322. The fourth-order valence-corrected chi connectivity index (χ4v) is 222. The van der Waals surface area contributed by atoms with Crippen molar-refractivity contribution in [1.29, 1.82) is 0 Å². The van der Waals surface area contributed by atoms with Crippen LogP contribution in [0.25, 0.3) is 0 Å². The van der Waals surface area contributed by atoms with Crippen LogP contribution < -0.4 is 0 Å². The molecule has 0 aromatic heterocycles. The predicted octanol–water partition coefficient (Wildman–Crippen LogP) is 7.38. The van der Waals surface area contributed by atoms with E-state index in [-0.39, 0.29) is 9.90 Å². The average Bonchev–Trinajstić information content (AvgIpc) is 1.67. The molecule has 4 heterocycles. The predicted molar refractivity (Wildman–Crippen MR) is 114 cm³/mol. The lowest BCUT2D eigenvalue weighted by Crippen LogP contribution is -1.83. The van der Waals surface area contributed by atoms with Gasteiger partial charge in [0.2, 0.25) is 0 Å². The number of hydrogen-bond donors (Lipinski definition) is 0. The van der Waals surface area contributed by atoms with Gasteiger partial charge in [0.15, 0.2) is 0 Å². The molecule has 0 nitrogen and oxygen atoms in total. The SMILES string of the molecule is P.S=P12SP3(=S)SP(=S)(S1)SP(=S)(S2)S3. The van der Waals surface area contributed by atoms with Gasteiger partial charge in [0.25, 0.3) is 0 Å². The van der Waals surface area contributed by atoms with Crippen LogP contribution in [-0.2, 0) is 47.2 Å². The normalized spacial score (nSPS) is 61.3. The van der Waals surface area contributed by atoms with Gasteiger partial charge < -0.3 is 0 Å². The van der Waals surface area contributed by atoms with E-state index in [2.05, 4.69) is 0 Å². The molecule has 15 heteroatoms. The molecule has 1 atom stereocenters. The summed E-state index contributed by atoms with van der Waals surface area (Å²) >= 11 is 34.5. The van der Waals surface area contributed by atoms with Crippen molar-refractivity contribution in [2.45, 2.75) is 0 Å². The summed E-state index contributed by atoms with van der Waals surface area (Å²) in [6, 6.07) is 0. The minimum Gasteiger partial charge on any atom is -0.153 e. The molecule has 0 saturated carbocycles. The van der Waals surface area contributed by atoms with Crippen molar-refractivity contribution in [3.63, 3.8) is 0 Å². The Kier molecular flexibility index (Phi) is 5.60. The Balaban J connectivity index is 0.000000853. The maximum atomic E-state index is 5.75. The van der Waals surface area contributed by atoms with E-state index < -0.39 is 14.6 Å². The zero-order valence-electron chi connectivity index (χ0n) is 6.58. The Labute approximate surface area is 135 Å². The van der Waals surface area contributed by atoms with Crippen molar-refractivity contribution in [3.05, 3.63) is 0 Å². The van der Waals surface area contributed by atoms with Crippen LogP contribution in [0.2, 0.25) is 0 Å². The largest absolute Gasteiger partial charge is 0.153 e. The van der Waals surface area contributed by atoms with Crippen LogP contribution in [0.3, 0.4) is 0 Å². The second-order valence-electron chi connectivity index (χ2n) is 2.28. The first-order valence-corrected chi connectivity index (χ1v) is 26.3. The fourth-order valence-electron chi connectivity index (χ4n) is 0.914. The van der Waals surface area contributed by atoms with E-state index in [1.165, 1.54) is 0 Å². The van der Waals surface area contributed by atoms with Crippen LogP contribution >= 0.6 is 90.5 Å². The van der Waals surface area contributed by atoms with Crippen LogP contribution in [0.4, 0.5) is 0 Å². The summed E-state index contributed by atoms with van der Waals surface area (Å²) in [5.41, 5.74) is 0. The van der Waals surface area contributed by atoms with Crippen molar-refractivity contribution in [3.8, 4) is 0 Å². The third kappa shape index (κ3) is 3.32. The van der Waals surface area contributed by atoms with Crippen molar-refractivity contribution < 1.29 is 0 Å². The van der Waals surface area contributed by atoms with Gasteiger partial charge in [0.1, 0.15) is 14.6 Å². The van der Waals surface area contributed by atoms with Crippen molar-refractivity contribution in [2.24, 2.45) is 0 Å². The molecular weight excluding hydrogens is 476 g/mol. The van der Waals surface area contributed by atoms with Gasteiger partial charge in [-0.2, -0.15) is 9.90 Å². The Morgan fingerprint density at radius 1 is 0.467 bits per heavy atom. The lowest BCUT2D eigenvalue weighted by atomic mass is 28.9. The molecular formula is H3P5S10. The van der Waals surface area contributed by atoms with E-state index in [4.69, 9.17) is 47.2 Å². The topological polar surface area (TPSA) is 0 Å². The first-order chi connectivity index (χ1) is 6.24. The summed E-state index contributed by atoms with van der Waals surface area (Å²) in [5, 5.41) is 0. The highest BCUT2D eigenvalue weighted by atomic mass is 34.1. The average molecular weight is 479 g/mol. The lowest BCUT2D eigenvalue weighted by Gasteiger charge is -2.51. The molecule has 4 fully saturated rings. The zero-order chi connectivity index (χ0) is 10.2. The molecule has 0 radical (unpaired) electrons. The summed E-state index contributed by atoms with van der Waals surface area (Å²) in [4.78, 5) is 0. The van der Waals surface area contributed by atoms with E-state index in [0.717, 1.165) is 0 Å². The van der Waals surface area contributed by atoms with Crippen LogP contribution in [0.5, 0.6) is 0 Å². The van der Waals surface area contributed by atoms with Crippen LogP contribution in [-0.4, -0.2) is 0 Å². The molecule has 4 saturated heterocycles. The Morgan fingerprint density at radius 2 is 0.600 bits per heavy atom. The highest BCUT2D eigenvalue weighted by Gasteiger charge is 2.60. The molecule has 0 aliphatic carbocycles. The zero-order valence-corrected chi connectivity index (χ0v) is 19.7. The standard InChI is InChI=1S/P4S10.H3P/c5-1-9-2(6)12-3(7,10-1)14-4(8,11-1)13-2;/h;1H3. The lowest BCUT2D eigenvalue weighted by molar-refractivity contribution is 4.68. The minimum absolute atomic E-state index is 0. The summed E-state index contributed by atoms with van der Waals surface area (Å²) in [7, 11) is 0. The van der Waals surface area contributed by atoms with Gasteiger partial charge in [-0.1, -0.05) is 47.2 Å². The summed E-state index contributed by atoms with van der Waals surface area (Å²) in [6.07, 6.45) is 0. The molecule has 15 heavy (non-hydrogen) atoms. The van der Waals surface area contributed by atoms with Crippen molar-refractivity contribution in [2.75, 3.05) is 0 Å². The summed E-state index contributed by atoms with van der Waals surface area (Å²) in [5.74, 6) is 0. The maximum Gasteiger partial charge on any atom is 0.128 e. The molecule has 0 aromatic carbocycles. The third-order valence-electron chi connectivity index (χ3n) is 1.20. The molecule has 4 bridgehead atoms. The number of hydrogen-bond acceptors (Lipinski definition) is 10. The van der Waals surface area contributed by atoms with Gasteiger partial charge >= 0.3 is 0 Å². The number of rotatable bonds is 0. The highest BCUT2D eigenvalue weighted by Crippen LogP contribution is 3.29. The molecule has 4 aliphatic heterocycles. The smallest absolute Gasteiger partial charge is 0.128 e. The molecule has 1 unspecified atom stereocenters. The van der Waals surface area contributed by atoms with Crippen molar-refractivity contribution in [1.82, 2.24) is 0 Å². The molecule has 88 valence electrons. The second kappa shape index (κ2) is 5.10. The monoisotopic (exact) mass is 478 g/mol. The Morgan fingerprint density at radius 3 is 0.733 bits per heavy atom. The van der Waals surface area contributed by atoms with Gasteiger partial charge in [-0.15, -0.1) is 0 Å². The van der Waals surface area contributed by atoms with Crippen LogP contribution in [0.1, 0.15) is 0 Å². The highest BCUT2D eigenvalue weighted by molar-refractivity contribution is 9.83. The van der Waals surface area contributed by atoms with Gasteiger partial charge in [0, 0.05) is 0 Å². The Hall–Kier alpha value is 5.13.